The molecule has 1 unspecified atom stereocenters. The fourth-order valence-electron chi connectivity index (χ4n) is 3.95. The summed E-state index contributed by atoms with van der Waals surface area (Å²) in [6.07, 6.45) is 1.42. The molecule has 2 aromatic carbocycles. The van der Waals surface area contributed by atoms with Crippen LogP contribution in [0.3, 0.4) is 0 Å². The van der Waals surface area contributed by atoms with E-state index in [2.05, 4.69) is 20.8 Å². The van der Waals surface area contributed by atoms with Crippen LogP contribution in [0.5, 0.6) is 5.75 Å². The number of rotatable bonds is 4. The van der Waals surface area contributed by atoms with E-state index in [0.29, 0.717) is 5.69 Å². The van der Waals surface area contributed by atoms with Gasteiger partial charge < -0.3 is 14.3 Å². The normalized spacial score (nSPS) is 18.1. The molecule has 2 heterocycles. The molecular formula is C26H24FNO5. The molecule has 1 aliphatic heterocycles. The third-order valence-electron chi connectivity index (χ3n) is 5.69. The maximum atomic E-state index is 14.0. The average molecular weight is 449 g/mol. The van der Waals surface area contributed by atoms with Crippen LogP contribution >= 0.6 is 0 Å². The SMILES string of the molecule is COc1ccc(F)cc1/C(O)=C1/C(=O)C(=O)N(c2ccc(C(C)(C)C)cc2)C1c1ccco1. The smallest absolute Gasteiger partial charge is 0.300 e. The lowest BCUT2D eigenvalue weighted by Crippen LogP contribution is -2.29. The van der Waals surface area contributed by atoms with Crippen LogP contribution in [0.25, 0.3) is 5.76 Å². The van der Waals surface area contributed by atoms with E-state index in [1.54, 1.807) is 24.3 Å². The first-order valence-electron chi connectivity index (χ1n) is 10.4. The standard InChI is InChI=1S/C26H24FNO5/c1-26(2,3)15-7-10-17(11-8-15)28-22(20-6-5-13-33-20)21(24(30)25(28)31)23(29)18-14-16(27)9-12-19(18)32-4/h5-14,22,29H,1-4H3/b23-21-. The topological polar surface area (TPSA) is 80.0 Å². The van der Waals surface area contributed by atoms with Gasteiger partial charge in [-0.2, -0.15) is 0 Å². The van der Waals surface area contributed by atoms with Crippen molar-refractivity contribution in [3.05, 3.63) is 89.1 Å². The van der Waals surface area contributed by atoms with Gasteiger partial charge in [0.2, 0.25) is 0 Å². The fourth-order valence-corrected chi connectivity index (χ4v) is 3.95. The van der Waals surface area contributed by atoms with Crippen LogP contribution in [0.2, 0.25) is 0 Å². The number of benzene rings is 2. The first-order valence-corrected chi connectivity index (χ1v) is 10.4. The first kappa shape index (κ1) is 22.3. The predicted molar refractivity (Wildman–Crippen MR) is 122 cm³/mol. The van der Waals surface area contributed by atoms with Crippen molar-refractivity contribution in [1.29, 1.82) is 0 Å². The number of amides is 1. The number of hydrogen-bond acceptors (Lipinski definition) is 5. The summed E-state index contributed by atoms with van der Waals surface area (Å²) in [5, 5.41) is 11.1. The molecule has 33 heavy (non-hydrogen) atoms. The van der Waals surface area contributed by atoms with Crippen molar-refractivity contribution in [2.24, 2.45) is 0 Å². The number of furan rings is 1. The van der Waals surface area contributed by atoms with Crippen LogP contribution in [-0.4, -0.2) is 23.9 Å². The number of carbonyl (C=O) groups is 2. The molecule has 0 bridgehead atoms. The maximum absolute atomic E-state index is 14.0. The molecule has 0 radical (unpaired) electrons. The second-order valence-electron chi connectivity index (χ2n) is 8.83. The number of Topliss-reactive ketones (excluding diaryl/α,β-unsaturated/α-hetero) is 1. The van der Waals surface area contributed by atoms with Gasteiger partial charge in [-0.05, 0) is 53.4 Å². The van der Waals surface area contributed by atoms with Crippen LogP contribution < -0.4 is 9.64 Å². The minimum Gasteiger partial charge on any atom is -0.507 e. The molecule has 1 atom stereocenters. The van der Waals surface area contributed by atoms with Crippen LogP contribution in [0.15, 0.2) is 70.9 Å². The highest BCUT2D eigenvalue weighted by atomic mass is 19.1. The van der Waals surface area contributed by atoms with Crippen molar-refractivity contribution in [2.75, 3.05) is 12.0 Å². The molecule has 4 rings (SSSR count). The monoisotopic (exact) mass is 449 g/mol. The molecule has 1 amide bonds. The minimum atomic E-state index is -1.03. The summed E-state index contributed by atoms with van der Waals surface area (Å²) in [6.45, 7) is 6.22. The molecule has 1 aliphatic rings. The van der Waals surface area contributed by atoms with E-state index in [9.17, 15) is 19.1 Å². The summed E-state index contributed by atoms with van der Waals surface area (Å²) in [7, 11) is 1.36. The molecule has 1 aromatic heterocycles. The van der Waals surface area contributed by atoms with E-state index in [4.69, 9.17) is 9.15 Å². The highest BCUT2D eigenvalue weighted by Crippen LogP contribution is 2.43. The zero-order chi connectivity index (χ0) is 23.9. The van der Waals surface area contributed by atoms with Crippen molar-refractivity contribution in [3.63, 3.8) is 0 Å². The minimum absolute atomic E-state index is 0.0323. The largest absolute Gasteiger partial charge is 0.507 e. The van der Waals surface area contributed by atoms with Crippen LogP contribution in [-0.2, 0) is 15.0 Å². The quantitative estimate of drug-likeness (QED) is 0.330. The second kappa shape index (κ2) is 8.24. The van der Waals surface area contributed by atoms with E-state index in [1.807, 2.05) is 12.1 Å². The van der Waals surface area contributed by atoms with E-state index in [0.717, 1.165) is 11.6 Å². The van der Waals surface area contributed by atoms with Crippen LogP contribution in [0.4, 0.5) is 10.1 Å². The third-order valence-corrected chi connectivity index (χ3v) is 5.69. The van der Waals surface area contributed by atoms with E-state index in [1.165, 1.54) is 30.4 Å². The highest BCUT2D eigenvalue weighted by molar-refractivity contribution is 6.51. The Hall–Kier alpha value is -3.87. The van der Waals surface area contributed by atoms with Crippen molar-refractivity contribution >= 4 is 23.1 Å². The molecule has 0 saturated carbocycles. The molecule has 0 aliphatic carbocycles. The summed E-state index contributed by atoms with van der Waals surface area (Å²) in [4.78, 5) is 27.6. The average Bonchev–Trinajstić information content (AvgIpc) is 3.40. The van der Waals surface area contributed by atoms with E-state index >= 15 is 0 Å². The molecule has 1 fully saturated rings. The Morgan fingerprint density at radius 2 is 1.79 bits per heavy atom. The summed E-state index contributed by atoms with van der Waals surface area (Å²) in [5.74, 6) is -2.45. The molecule has 7 heteroatoms. The van der Waals surface area contributed by atoms with Gasteiger partial charge in [-0.15, -0.1) is 0 Å². The predicted octanol–water partition coefficient (Wildman–Crippen LogP) is 5.35. The van der Waals surface area contributed by atoms with Gasteiger partial charge in [0, 0.05) is 5.69 Å². The molecule has 170 valence electrons. The molecular weight excluding hydrogens is 425 g/mol. The van der Waals surface area contributed by atoms with Crippen molar-refractivity contribution in [2.45, 2.75) is 32.2 Å². The van der Waals surface area contributed by atoms with Gasteiger partial charge in [0.25, 0.3) is 11.7 Å². The number of methoxy groups -OCH3 is 1. The molecule has 1 N–H and O–H groups in total. The molecule has 0 spiro atoms. The lowest BCUT2D eigenvalue weighted by atomic mass is 9.87. The zero-order valence-electron chi connectivity index (χ0n) is 18.8. The third kappa shape index (κ3) is 3.91. The number of hydrogen-bond donors (Lipinski definition) is 1. The first-order chi connectivity index (χ1) is 15.6. The van der Waals surface area contributed by atoms with Crippen molar-refractivity contribution in [3.8, 4) is 5.75 Å². The van der Waals surface area contributed by atoms with E-state index in [-0.39, 0.29) is 28.1 Å². The van der Waals surface area contributed by atoms with Crippen LogP contribution in [0.1, 0.15) is 43.7 Å². The van der Waals surface area contributed by atoms with Gasteiger partial charge in [0.15, 0.2) is 0 Å². The van der Waals surface area contributed by atoms with Gasteiger partial charge in [-0.1, -0.05) is 32.9 Å². The van der Waals surface area contributed by atoms with E-state index < -0.39 is 29.3 Å². The Bertz CT molecular complexity index is 1240. The summed E-state index contributed by atoms with van der Waals surface area (Å²) < 4.78 is 24.8. The van der Waals surface area contributed by atoms with Gasteiger partial charge >= 0.3 is 0 Å². The van der Waals surface area contributed by atoms with Crippen molar-refractivity contribution < 1.29 is 28.2 Å². The maximum Gasteiger partial charge on any atom is 0.300 e. The van der Waals surface area contributed by atoms with Gasteiger partial charge in [-0.25, -0.2) is 4.39 Å². The van der Waals surface area contributed by atoms with Gasteiger partial charge in [0.1, 0.15) is 29.1 Å². The lowest BCUT2D eigenvalue weighted by Gasteiger charge is -2.25. The number of aliphatic hydroxyl groups excluding tert-OH is 1. The number of aliphatic hydroxyl groups is 1. The van der Waals surface area contributed by atoms with Gasteiger partial charge in [-0.3, -0.25) is 14.5 Å². The number of anilines is 1. The number of nitrogens with zero attached hydrogens (tertiary/aromatic N) is 1. The molecule has 3 aromatic rings. The summed E-state index contributed by atoms with van der Waals surface area (Å²) in [6, 6.07) is 13.1. The Morgan fingerprint density at radius 1 is 1.09 bits per heavy atom. The Morgan fingerprint density at radius 3 is 2.36 bits per heavy atom. The lowest BCUT2D eigenvalue weighted by molar-refractivity contribution is -0.132. The Kier molecular flexibility index (Phi) is 5.57. The highest BCUT2D eigenvalue weighted by Gasteiger charge is 2.48. The zero-order valence-corrected chi connectivity index (χ0v) is 18.8. The van der Waals surface area contributed by atoms with Gasteiger partial charge in [0.05, 0.1) is 24.5 Å². The van der Waals surface area contributed by atoms with Crippen molar-refractivity contribution in [1.82, 2.24) is 0 Å². The summed E-state index contributed by atoms with van der Waals surface area (Å²) >= 11 is 0. The second-order valence-corrected chi connectivity index (χ2v) is 8.83. The molecule has 1 saturated heterocycles. The fraction of sp³-hybridized carbons (Fsp3) is 0.231. The van der Waals surface area contributed by atoms with Crippen LogP contribution in [0, 0.1) is 5.82 Å². The summed E-state index contributed by atoms with van der Waals surface area (Å²) in [5.41, 5.74) is 1.19. The Labute approximate surface area is 190 Å². The Balaban J connectivity index is 1.91. The molecule has 6 nitrogen and oxygen atoms in total. The number of ether oxygens (including phenoxy) is 1. The number of halogens is 1. The number of carbonyl (C=O) groups excluding carboxylic acids is 2. The number of ketones is 1.